The van der Waals surface area contributed by atoms with Crippen LogP contribution in [0.5, 0.6) is 0 Å². The minimum Gasteiger partial charge on any atom is -0.301 e. The Labute approximate surface area is 182 Å². The summed E-state index contributed by atoms with van der Waals surface area (Å²) >= 11 is 2.71. The van der Waals surface area contributed by atoms with E-state index < -0.39 is 15.9 Å². The number of amides is 1. The van der Waals surface area contributed by atoms with Gasteiger partial charge in [0.25, 0.3) is 0 Å². The molecule has 0 spiro atoms. The number of nitrogens with zero attached hydrogens (tertiary/aromatic N) is 3. The molecule has 30 heavy (non-hydrogen) atoms. The van der Waals surface area contributed by atoms with Crippen molar-refractivity contribution in [3.8, 4) is 0 Å². The molecule has 0 aliphatic heterocycles. The van der Waals surface area contributed by atoms with Crippen LogP contribution in [0.2, 0.25) is 0 Å². The molecule has 1 N–H and O–H groups in total. The Morgan fingerprint density at radius 3 is 2.70 bits per heavy atom. The first-order valence-corrected chi connectivity index (χ1v) is 12.2. The molecule has 0 atom stereocenters. The molecule has 0 fully saturated rings. The Bertz CT molecular complexity index is 1270. The SMILES string of the molecule is Cc1nc2ccc(S(=O)(=O)N(CC(=O)Nc3nccs3)Cc3ccccc3)cc2s1. The van der Waals surface area contributed by atoms with Gasteiger partial charge in [-0.3, -0.25) is 4.79 Å². The molecule has 2 heterocycles. The summed E-state index contributed by atoms with van der Waals surface area (Å²) in [5.41, 5.74) is 1.55. The normalized spacial score (nSPS) is 11.8. The number of rotatable bonds is 7. The van der Waals surface area contributed by atoms with Gasteiger partial charge in [-0.25, -0.2) is 18.4 Å². The summed E-state index contributed by atoms with van der Waals surface area (Å²) in [6, 6.07) is 14.0. The van der Waals surface area contributed by atoms with Crippen LogP contribution < -0.4 is 5.32 Å². The summed E-state index contributed by atoms with van der Waals surface area (Å²) in [7, 11) is -3.92. The van der Waals surface area contributed by atoms with Gasteiger partial charge in [0.2, 0.25) is 15.9 Å². The van der Waals surface area contributed by atoms with Crippen LogP contribution in [0.15, 0.2) is 65.0 Å². The fourth-order valence-corrected chi connectivity index (χ4v) is 5.84. The number of hydrogen-bond donors (Lipinski definition) is 1. The highest BCUT2D eigenvalue weighted by atomic mass is 32.2. The second kappa shape index (κ2) is 8.60. The molecule has 0 aliphatic rings. The maximum Gasteiger partial charge on any atom is 0.243 e. The fourth-order valence-electron chi connectivity index (χ4n) is 2.95. The minimum absolute atomic E-state index is 0.0776. The van der Waals surface area contributed by atoms with E-state index in [0.717, 1.165) is 20.8 Å². The first-order valence-electron chi connectivity index (χ1n) is 9.02. The van der Waals surface area contributed by atoms with Crippen molar-refractivity contribution >= 4 is 54.0 Å². The third-order valence-corrected chi connectivity index (χ3v) is 7.71. The molecule has 0 bridgehead atoms. The van der Waals surface area contributed by atoms with E-state index in [2.05, 4.69) is 15.3 Å². The van der Waals surface area contributed by atoms with E-state index in [-0.39, 0.29) is 18.0 Å². The number of anilines is 1. The molecular weight excluding hydrogens is 440 g/mol. The fraction of sp³-hybridized carbons (Fsp3) is 0.150. The van der Waals surface area contributed by atoms with Gasteiger partial charge in [0.05, 0.1) is 26.7 Å². The highest BCUT2D eigenvalue weighted by molar-refractivity contribution is 7.89. The molecule has 10 heteroatoms. The van der Waals surface area contributed by atoms with Crippen LogP contribution in [0.4, 0.5) is 5.13 Å². The van der Waals surface area contributed by atoms with Crippen LogP contribution >= 0.6 is 22.7 Å². The van der Waals surface area contributed by atoms with Crippen molar-refractivity contribution in [3.63, 3.8) is 0 Å². The summed E-state index contributed by atoms with van der Waals surface area (Å²) in [6.07, 6.45) is 1.57. The van der Waals surface area contributed by atoms with Gasteiger partial charge in [-0.05, 0) is 30.7 Å². The van der Waals surface area contributed by atoms with Crippen molar-refractivity contribution in [3.05, 3.63) is 70.7 Å². The average molecular weight is 459 g/mol. The van der Waals surface area contributed by atoms with E-state index in [4.69, 9.17) is 0 Å². The summed E-state index contributed by atoms with van der Waals surface area (Å²) < 4.78 is 28.9. The molecule has 2 aromatic carbocycles. The van der Waals surface area contributed by atoms with Gasteiger partial charge in [0.1, 0.15) is 0 Å². The van der Waals surface area contributed by atoms with Crippen molar-refractivity contribution in [2.75, 3.05) is 11.9 Å². The second-order valence-corrected chi connectivity index (χ2v) is 10.6. The van der Waals surface area contributed by atoms with E-state index in [1.54, 1.807) is 23.7 Å². The Hall–Kier alpha value is -2.66. The predicted octanol–water partition coefficient (Wildman–Crippen LogP) is 3.89. The van der Waals surface area contributed by atoms with Gasteiger partial charge in [-0.15, -0.1) is 22.7 Å². The Balaban J connectivity index is 1.65. The van der Waals surface area contributed by atoms with Crippen LogP contribution in [0.25, 0.3) is 10.2 Å². The zero-order valence-electron chi connectivity index (χ0n) is 16.0. The second-order valence-electron chi connectivity index (χ2n) is 6.51. The molecule has 0 saturated carbocycles. The lowest BCUT2D eigenvalue weighted by atomic mass is 10.2. The van der Waals surface area contributed by atoms with Crippen molar-refractivity contribution in [1.29, 1.82) is 0 Å². The van der Waals surface area contributed by atoms with Crippen LogP contribution in [0.1, 0.15) is 10.6 Å². The molecule has 0 radical (unpaired) electrons. The number of thiazole rings is 2. The van der Waals surface area contributed by atoms with Gasteiger partial charge in [0.15, 0.2) is 5.13 Å². The lowest BCUT2D eigenvalue weighted by Crippen LogP contribution is -2.37. The summed E-state index contributed by atoms with van der Waals surface area (Å²) in [6.45, 7) is 1.63. The Kier molecular flexibility index (Phi) is 5.91. The molecule has 0 unspecified atom stereocenters. The van der Waals surface area contributed by atoms with E-state index >= 15 is 0 Å². The lowest BCUT2D eigenvalue weighted by Gasteiger charge is -2.22. The lowest BCUT2D eigenvalue weighted by molar-refractivity contribution is -0.116. The highest BCUT2D eigenvalue weighted by Gasteiger charge is 2.27. The van der Waals surface area contributed by atoms with Crippen LogP contribution in [0.3, 0.4) is 0 Å². The molecule has 154 valence electrons. The molecule has 0 saturated heterocycles. The molecule has 4 aromatic rings. The van der Waals surface area contributed by atoms with Gasteiger partial charge < -0.3 is 5.32 Å². The number of hydrogen-bond acceptors (Lipinski definition) is 7. The first kappa shape index (κ1) is 20.6. The third kappa shape index (κ3) is 4.57. The predicted molar refractivity (Wildman–Crippen MR) is 119 cm³/mol. The Morgan fingerprint density at radius 1 is 1.17 bits per heavy atom. The van der Waals surface area contributed by atoms with Gasteiger partial charge in [-0.1, -0.05) is 30.3 Å². The Morgan fingerprint density at radius 2 is 1.97 bits per heavy atom. The van der Waals surface area contributed by atoms with Gasteiger partial charge >= 0.3 is 0 Å². The van der Waals surface area contributed by atoms with Crippen molar-refractivity contribution < 1.29 is 13.2 Å². The molecule has 4 rings (SSSR count). The number of carbonyl (C=O) groups is 1. The number of sulfonamides is 1. The minimum atomic E-state index is -3.92. The number of fused-ring (bicyclic) bond motifs is 1. The van der Waals surface area contributed by atoms with Crippen molar-refractivity contribution in [2.45, 2.75) is 18.4 Å². The highest BCUT2D eigenvalue weighted by Crippen LogP contribution is 2.27. The van der Waals surface area contributed by atoms with Crippen molar-refractivity contribution in [1.82, 2.24) is 14.3 Å². The maximum absolute atomic E-state index is 13.4. The molecule has 7 nitrogen and oxygen atoms in total. The molecule has 0 aliphatic carbocycles. The third-order valence-electron chi connectivity index (χ3n) is 4.30. The number of aryl methyl sites for hydroxylation is 1. The average Bonchev–Trinajstić information content (AvgIpc) is 3.35. The molecule has 2 aromatic heterocycles. The van der Waals surface area contributed by atoms with Crippen LogP contribution in [0, 0.1) is 6.92 Å². The largest absolute Gasteiger partial charge is 0.301 e. The van der Waals surface area contributed by atoms with Gasteiger partial charge in [-0.2, -0.15) is 4.31 Å². The number of nitrogens with one attached hydrogen (secondary N) is 1. The molecule has 1 amide bonds. The topological polar surface area (TPSA) is 92.3 Å². The van der Waals surface area contributed by atoms with Crippen LogP contribution in [-0.4, -0.2) is 35.1 Å². The smallest absolute Gasteiger partial charge is 0.243 e. The zero-order chi connectivity index (χ0) is 21.1. The van der Waals surface area contributed by atoms with E-state index in [9.17, 15) is 13.2 Å². The van der Waals surface area contributed by atoms with Crippen LogP contribution in [-0.2, 0) is 21.4 Å². The monoisotopic (exact) mass is 458 g/mol. The number of carbonyl (C=O) groups excluding carboxylic acids is 1. The van der Waals surface area contributed by atoms with Crippen molar-refractivity contribution in [2.24, 2.45) is 0 Å². The summed E-state index contributed by atoms with van der Waals surface area (Å²) in [5.74, 6) is -0.445. The standard InChI is InChI=1S/C20H18N4O3S3/c1-14-22-17-8-7-16(11-18(17)29-14)30(26,27)24(12-15-5-3-2-4-6-15)13-19(25)23-20-21-9-10-28-20/h2-11H,12-13H2,1H3,(H,21,23,25). The maximum atomic E-state index is 13.4. The molecular formula is C20H18N4O3S3. The van der Waals surface area contributed by atoms with E-state index in [1.807, 2.05) is 37.3 Å². The zero-order valence-corrected chi connectivity index (χ0v) is 18.4. The quantitative estimate of drug-likeness (QED) is 0.454. The van der Waals surface area contributed by atoms with E-state index in [1.165, 1.54) is 33.0 Å². The number of aromatic nitrogens is 2. The summed E-state index contributed by atoms with van der Waals surface area (Å²) in [4.78, 5) is 21.1. The van der Waals surface area contributed by atoms with E-state index in [0.29, 0.717) is 5.13 Å². The van der Waals surface area contributed by atoms with Gasteiger partial charge in [0, 0.05) is 18.1 Å². The number of benzene rings is 2. The first-order chi connectivity index (χ1) is 14.4. The summed E-state index contributed by atoms with van der Waals surface area (Å²) in [5, 5.41) is 5.68.